The van der Waals surface area contributed by atoms with Crippen LogP contribution in [0.4, 0.5) is 0 Å². The number of nitrogens with zero attached hydrogens (tertiary/aromatic N) is 2. The van der Waals surface area contributed by atoms with Crippen LogP contribution in [-0.4, -0.2) is 53.4 Å². The van der Waals surface area contributed by atoms with Crippen LogP contribution in [0.5, 0.6) is 0 Å². The van der Waals surface area contributed by atoms with Crippen LogP contribution in [-0.2, 0) is 4.79 Å². The van der Waals surface area contributed by atoms with Gasteiger partial charge in [0.05, 0.1) is 4.05 Å². The molecule has 0 aliphatic heterocycles. The third-order valence-electron chi connectivity index (χ3n) is 2.65. The summed E-state index contributed by atoms with van der Waals surface area (Å²) >= 11 is 2.32. The van der Waals surface area contributed by atoms with Crippen molar-refractivity contribution in [1.82, 2.24) is 9.80 Å². The second-order valence-electron chi connectivity index (χ2n) is 3.70. The van der Waals surface area contributed by atoms with Crippen LogP contribution < -0.4 is 0 Å². The highest BCUT2D eigenvalue weighted by atomic mass is 127. The number of halogens is 1. The van der Waals surface area contributed by atoms with Crippen LogP contribution in [0.1, 0.15) is 26.7 Å². The number of aldehydes is 1. The lowest BCUT2D eigenvalue weighted by atomic mass is 10.3. The Bertz CT molecular complexity index is 163. The Morgan fingerprint density at radius 1 is 1.27 bits per heavy atom. The summed E-state index contributed by atoms with van der Waals surface area (Å²) in [4.78, 5) is 15.0. The molecule has 1 unspecified atom stereocenters. The lowest BCUT2D eigenvalue weighted by Crippen LogP contribution is -2.31. The number of hydrogen-bond donors (Lipinski definition) is 0. The molecule has 0 fully saturated rings. The highest BCUT2D eigenvalue weighted by Crippen LogP contribution is 2.09. The van der Waals surface area contributed by atoms with Gasteiger partial charge < -0.3 is 9.69 Å². The third-order valence-corrected chi connectivity index (χ3v) is 4.11. The van der Waals surface area contributed by atoms with E-state index in [1.807, 2.05) is 0 Å². The molecule has 0 spiro atoms. The van der Waals surface area contributed by atoms with Crippen LogP contribution in [0.2, 0.25) is 0 Å². The average molecular weight is 326 g/mol. The van der Waals surface area contributed by atoms with Gasteiger partial charge >= 0.3 is 0 Å². The zero-order chi connectivity index (χ0) is 11.7. The highest BCUT2D eigenvalue weighted by Gasteiger charge is 2.09. The summed E-state index contributed by atoms with van der Waals surface area (Å²) in [7, 11) is 2.09. The van der Waals surface area contributed by atoms with Gasteiger partial charge in [-0.15, -0.1) is 0 Å². The smallest absolute Gasteiger partial charge is 0.122 e. The first-order chi connectivity index (χ1) is 7.15. The Morgan fingerprint density at radius 2 is 1.87 bits per heavy atom. The molecule has 0 amide bonds. The molecular weight excluding hydrogens is 303 g/mol. The predicted molar refractivity (Wildman–Crippen MR) is 73.5 cm³/mol. The molecule has 0 heterocycles. The van der Waals surface area contributed by atoms with Crippen LogP contribution in [0.25, 0.3) is 0 Å². The molecular formula is C11H23IN2O. The van der Waals surface area contributed by atoms with Crippen LogP contribution >= 0.6 is 22.6 Å². The van der Waals surface area contributed by atoms with Gasteiger partial charge in [0.2, 0.25) is 0 Å². The normalized spacial score (nSPS) is 13.5. The Balaban J connectivity index is 3.61. The second-order valence-corrected chi connectivity index (χ2v) is 5.14. The number of hydrogen-bond acceptors (Lipinski definition) is 3. The van der Waals surface area contributed by atoms with Gasteiger partial charge in [0.1, 0.15) is 6.29 Å². The summed E-state index contributed by atoms with van der Waals surface area (Å²) < 4.78 is 0.344. The summed E-state index contributed by atoms with van der Waals surface area (Å²) in [5, 5.41) is 0. The molecule has 15 heavy (non-hydrogen) atoms. The maximum Gasteiger partial charge on any atom is 0.122 e. The van der Waals surface area contributed by atoms with Gasteiger partial charge in [0.15, 0.2) is 0 Å². The molecule has 4 heteroatoms. The molecule has 1 atom stereocenters. The number of carbonyl (C=O) groups excluding carboxylic acids is 1. The minimum Gasteiger partial charge on any atom is -0.304 e. The summed E-state index contributed by atoms with van der Waals surface area (Å²) in [6, 6.07) is 0. The summed E-state index contributed by atoms with van der Waals surface area (Å²) in [6.45, 7) is 8.87. The highest BCUT2D eigenvalue weighted by molar-refractivity contribution is 14.1. The van der Waals surface area contributed by atoms with Gasteiger partial charge in [-0.25, -0.2) is 0 Å². The maximum atomic E-state index is 10.4. The van der Waals surface area contributed by atoms with Crippen LogP contribution in [0.15, 0.2) is 0 Å². The molecule has 0 aliphatic carbocycles. The fourth-order valence-corrected chi connectivity index (χ4v) is 1.97. The van der Waals surface area contributed by atoms with Crippen LogP contribution in [0.3, 0.4) is 0 Å². The molecule has 90 valence electrons. The van der Waals surface area contributed by atoms with E-state index in [2.05, 4.69) is 53.3 Å². The van der Waals surface area contributed by atoms with Gasteiger partial charge in [-0.3, -0.25) is 4.90 Å². The van der Waals surface area contributed by atoms with Crippen LogP contribution in [0, 0.1) is 0 Å². The van der Waals surface area contributed by atoms with Gasteiger partial charge in [-0.05, 0) is 33.1 Å². The van der Waals surface area contributed by atoms with Crippen molar-refractivity contribution in [3.05, 3.63) is 0 Å². The molecule has 0 saturated carbocycles. The van der Waals surface area contributed by atoms with Crippen molar-refractivity contribution in [2.45, 2.75) is 30.7 Å². The Morgan fingerprint density at radius 3 is 2.33 bits per heavy atom. The largest absolute Gasteiger partial charge is 0.304 e. The van der Waals surface area contributed by atoms with Gasteiger partial charge in [-0.1, -0.05) is 36.4 Å². The second kappa shape index (κ2) is 9.54. The zero-order valence-corrected chi connectivity index (χ0v) is 12.2. The van der Waals surface area contributed by atoms with E-state index in [1.165, 1.54) is 6.42 Å². The predicted octanol–water partition coefficient (Wildman–Crippen LogP) is 2.00. The molecule has 0 bridgehead atoms. The van der Waals surface area contributed by atoms with Crippen molar-refractivity contribution >= 4 is 28.9 Å². The summed E-state index contributed by atoms with van der Waals surface area (Å²) in [5.41, 5.74) is 0. The molecule has 0 aromatic heterocycles. The fraction of sp³-hybridized carbons (Fsp3) is 0.909. The van der Waals surface area contributed by atoms with Crippen molar-refractivity contribution < 1.29 is 4.79 Å². The number of rotatable bonds is 9. The zero-order valence-electron chi connectivity index (χ0n) is 10.1. The van der Waals surface area contributed by atoms with Crippen molar-refractivity contribution in [2.75, 3.05) is 33.2 Å². The molecule has 0 aliphatic rings. The van der Waals surface area contributed by atoms with E-state index in [4.69, 9.17) is 0 Å². The quantitative estimate of drug-likeness (QED) is 0.280. The van der Waals surface area contributed by atoms with Crippen molar-refractivity contribution in [1.29, 1.82) is 0 Å². The summed E-state index contributed by atoms with van der Waals surface area (Å²) in [5.74, 6) is 0. The first-order valence-corrected chi connectivity index (χ1v) is 6.90. The minimum atomic E-state index is 0.344. The Labute approximate surface area is 107 Å². The fourth-order valence-electron chi connectivity index (χ4n) is 1.48. The van der Waals surface area contributed by atoms with E-state index < -0.39 is 0 Å². The van der Waals surface area contributed by atoms with Crippen molar-refractivity contribution in [3.8, 4) is 0 Å². The molecule has 0 radical (unpaired) electrons. The average Bonchev–Trinajstić information content (AvgIpc) is 2.24. The first kappa shape index (κ1) is 15.3. The standard InChI is InChI=1S/C11H23IN2O/c1-4-14(5-2)9-6-8-13(3)11(12)7-10-15/h10-11H,4-9H2,1-3H3. The minimum absolute atomic E-state index is 0.344. The molecule has 0 aromatic carbocycles. The Kier molecular flexibility index (Phi) is 9.74. The van der Waals surface area contributed by atoms with E-state index in [0.29, 0.717) is 10.5 Å². The third kappa shape index (κ3) is 7.25. The number of alkyl halides is 1. The maximum absolute atomic E-state index is 10.4. The molecule has 0 saturated heterocycles. The number of carbonyl (C=O) groups is 1. The SMILES string of the molecule is CCN(CC)CCCN(C)C(I)CC=O. The molecule has 0 aromatic rings. The summed E-state index contributed by atoms with van der Waals surface area (Å²) in [6.07, 6.45) is 2.80. The van der Waals surface area contributed by atoms with Gasteiger partial charge in [0, 0.05) is 13.0 Å². The lowest BCUT2D eigenvalue weighted by molar-refractivity contribution is -0.108. The first-order valence-electron chi connectivity index (χ1n) is 5.65. The van der Waals surface area contributed by atoms with E-state index in [0.717, 1.165) is 32.5 Å². The molecule has 0 rings (SSSR count). The monoisotopic (exact) mass is 326 g/mol. The van der Waals surface area contributed by atoms with Gasteiger partial charge in [0.25, 0.3) is 0 Å². The topological polar surface area (TPSA) is 23.6 Å². The van der Waals surface area contributed by atoms with E-state index >= 15 is 0 Å². The van der Waals surface area contributed by atoms with E-state index in [9.17, 15) is 4.79 Å². The Hall–Kier alpha value is 0.320. The molecule has 3 nitrogen and oxygen atoms in total. The van der Waals surface area contributed by atoms with Gasteiger partial charge in [-0.2, -0.15) is 0 Å². The van der Waals surface area contributed by atoms with Crippen molar-refractivity contribution in [2.24, 2.45) is 0 Å². The molecule has 0 N–H and O–H groups in total. The van der Waals surface area contributed by atoms with E-state index in [1.54, 1.807) is 0 Å². The lowest BCUT2D eigenvalue weighted by Gasteiger charge is -2.23. The van der Waals surface area contributed by atoms with E-state index in [-0.39, 0.29) is 0 Å². The van der Waals surface area contributed by atoms with Crippen molar-refractivity contribution in [3.63, 3.8) is 0 Å².